The molecule has 1 aromatic rings. The molecule has 1 aromatic heterocycles. The number of hydrogen-bond donors (Lipinski definition) is 1. The molecule has 1 aliphatic rings. The molecule has 1 aliphatic carbocycles. The Hall–Kier alpha value is -0.610. The van der Waals surface area contributed by atoms with E-state index in [1.165, 1.54) is 41.4 Å². The molecule has 3 nitrogen and oxygen atoms in total. The van der Waals surface area contributed by atoms with Gasteiger partial charge in [-0.15, -0.1) is 11.3 Å². The average Bonchev–Trinajstić information content (AvgIpc) is 2.81. The monoisotopic (exact) mass is 295 g/mol. The fourth-order valence-electron chi connectivity index (χ4n) is 3.36. The van der Waals surface area contributed by atoms with Crippen LogP contribution < -0.4 is 10.2 Å². The molecular formula is C16H29N3S. The first-order valence-electron chi connectivity index (χ1n) is 7.98. The van der Waals surface area contributed by atoms with Gasteiger partial charge in [-0.05, 0) is 39.2 Å². The van der Waals surface area contributed by atoms with Crippen molar-refractivity contribution in [2.75, 3.05) is 18.5 Å². The number of aromatic nitrogens is 1. The molecule has 114 valence electrons. The van der Waals surface area contributed by atoms with E-state index >= 15 is 0 Å². The molecule has 20 heavy (non-hydrogen) atoms. The summed E-state index contributed by atoms with van der Waals surface area (Å²) < 4.78 is 0. The molecular weight excluding hydrogens is 266 g/mol. The van der Waals surface area contributed by atoms with Gasteiger partial charge < -0.3 is 10.2 Å². The van der Waals surface area contributed by atoms with E-state index in [9.17, 15) is 0 Å². The molecule has 1 heterocycles. The van der Waals surface area contributed by atoms with Crippen LogP contribution in [0.2, 0.25) is 0 Å². The fraction of sp³-hybridized carbons (Fsp3) is 0.812. The highest BCUT2D eigenvalue weighted by Gasteiger charge is 2.27. The lowest BCUT2D eigenvalue weighted by atomic mass is 9.85. The van der Waals surface area contributed by atoms with Crippen LogP contribution in [0.4, 0.5) is 5.13 Å². The standard InChI is InChI=1S/C16H29N3S/c1-6-17-12(3)15-13(4)18-16(20-15)19(5)14-10-8-7-9-11(14)2/h11-12,14,17H,6-10H2,1-5H3. The van der Waals surface area contributed by atoms with Crippen molar-refractivity contribution < 1.29 is 0 Å². The van der Waals surface area contributed by atoms with Gasteiger partial charge in [0, 0.05) is 24.0 Å². The van der Waals surface area contributed by atoms with Crippen molar-refractivity contribution in [2.24, 2.45) is 5.92 Å². The molecule has 4 heteroatoms. The first kappa shape index (κ1) is 15.8. The Morgan fingerprint density at radius 1 is 1.40 bits per heavy atom. The average molecular weight is 295 g/mol. The predicted octanol–water partition coefficient (Wildman–Crippen LogP) is 4.14. The molecule has 1 saturated carbocycles. The summed E-state index contributed by atoms with van der Waals surface area (Å²) in [4.78, 5) is 8.65. The lowest BCUT2D eigenvalue weighted by Crippen LogP contribution is -2.38. The quantitative estimate of drug-likeness (QED) is 0.885. The van der Waals surface area contributed by atoms with Crippen molar-refractivity contribution in [1.29, 1.82) is 0 Å². The van der Waals surface area contributed by atoms with Crippen LogP contribution in [0.5, 0.6) is 0 Å². The number of rotatable bonds is 5. The first-order valence-corrected chi connectivity index (χ1v) is 8.79. The SMILES string of the molecule is CCNC(C)c1sc(N(C)C2CCCCC2C)nc1C. The van der Waals surface area contributed by atoms with Crippen molar-refractivity contribution in [3.8, 4) is 0 Å². The van der Waals surface area contributed by atoms with Gasteiger partial charge in [0.15, 0.2) is 5.13 Å². The number of nitrogens with one attached hydrogen (secondary N) is 1. The minimum Gasteiger partial charge on any atom is -0.348 e. The second-order valence-corrected chi connectivity index (χ2v) is 7.17. The highest BCUT2D eigenvalue weighted by molar-refractivity contribution is 7.15. The summed E-state index contributed by atoms with van der Waals surface area (Å²) in [6.07, 6.45) is 5.43. The maximum absolute atomic E-state index is 4.83. The summed E-state index contributed by atoms with van der Waals surface area (Å²) in [6.45, 7) is 9.92. The van der Waals surface area contributed by atoms with Crippen LogP contribution in [-0.4, -0.2) is 24.6 Å². The second kappa shape index (κ2) is 6.90. The summed E-state index contributed by atoms with van der Waals surface area (Å²) in [5.41, 5.74) is 1.19. The third kappa shape index (κ3) is 3.34. The highest BCUT2D eigenvalue weighted by atomic mass is 32.1. The van der Waals surface area contributed by atoms with Gasteiger partial charge in [0.25, 0.3) is 0 Å². The van der Waals surface area contributed by atoms with Crippen molar-refractivity contribution >= 4 is 16.5 Å². The number of aryl methyl sites for hydroxylation is 1. The summed E-state index contributed by atoms with van der Waals surface area (Å²) in [5, 5.41) is 4.69. The maximum Gasteiger partial charge on any atom is 0.185 e. The summed E-state index contributed by atoms with van der Waals surface area (Å²) in [5.74, 6) is 0.785. The van der Waals surface area contributed by atoms with Crippen LogP contribution in [0.15, 0.2) is 0 Å². The summed E-state index contributed by atoms with van der Waals surface area (Å²) >= 11 is 1.86. The van der Waals surface area contributed by atoms with Gasteiger partial charge in [-0.3, -0.25) is 0 Å². The van der Waals surface area contributed by atoms with E-state index in [1.54, 1.807) is 0 Å². The van der Waals surface area contributed by atoms with Crippen molar-refractivity contribution in [1.82, 2.24) is 10.3 Å². The zero-order valence-corrected chi connectivity index (χ0v) is 14.4. The van der Waals surface area contributed by atoms with Crippen LogP contribution in [-0.2, 0) is 0 Å². The molecule has 0 bridgehead atoms. The lowest BCUT2D eigenvalue weighted by molar-refractivity contribution is 0.321. The van der Waals surface area contributed by atoms with Crippen molar-refractivity contribution in [3.05, 3.63) is 10.6 Å². The van der Waals surface area contributed by atoms with E-state index in [2.05, 4.69) is 45.0 Å². The Morgan fingerprint density at radius 3 is 2.75 bits per heavy atom. The van der Waals surface area contributed by atoms with Gasteiger partial charge in [-0.2, -0.15) is 0 Å². The molecule has 3 unspecified atom stereocenters. The summed E-state index contributed by atoms with van der Waals surface area (Å²) in [7, 11) is 2.23. The van der Waals surface area contributed by atoms with E-state index in [-0.39, 0.29) is 0 Å². The van der Waals surface area contributed by atoms with E-state index in [1.807, 2.05) is 11.3 Å². The molecule has 1 N–H and O–H groups in total. The third-order valence-corrected chi connectivity index (χ3v) is 6.02. The topological polar surface area (TPSA) is 28.2 Å². The molecule has 2 rings (SSSR count). The molecule has 3 atom stereocenters. The van der Waals surface area contributed by atoms with Gasteiger partial charge in [0.1, 0.15) is 0 Å². The zero-order chi connectivity index (χ0) is 14.7. The normalized spacial score (nSPS) is 24.6. The van der Waals surface area contributed by atoms with Crippen LogP contribution >= 0.6 is 11.3 Å². The van der Waals surface area contributed by atoms with Crippen LogP contribution in [0, 0.1) is 12.8 Å². The van der Waals surface area contributed by atoms with E-state index in [0.717, 1.165) is 12.5 Å². The number of nitrogens with zero attached hydrogens (tertiary/aromatic N) is 2. The smallest absolute Gasteiger partial charge is 0.185 e. The maximum atomic E-state index is 4.83. The minimum atomic E-state index is 0.406. The Morgan fingerprint density at radius 2 is 2.10 bits per heavy atom. The van der Waals surface area contributed by atoms with Crippen molar-refractivity contribution in [3.63, 3.8) is 0 Å². The van der Waals surface area contributed by atoms with E-state index < -0.39 is 0 Å². The minimum absolute atomic E-state index is 0.406. The number of anilines is 1. The van der Waals surface area contributed by atoms with Crippen LogP contribution in [0.1, 0.15) is 63.1 Å². The molecule has 0 spiro atoms. The number of hydrogen-bond acceptors (Lipinski definition) is 4. The van der Waals surface area contributed by atoms with Crippen LogP contribution in [0.25, 0.3) is 0 Å². The Balaban J connectivity index is 2.14. The third-order valence-electron chi connectivity index (χ3n) is 4.59. The molecule has 1 fully saturated rings. The Kier molecular flexibility index (Phi) is 5.44. The molecule has 0 saturated heterocycles. The van der Waals surface area contributed by atoms with Gasteiger partial charge in [-0.25, -0.2) is 4.98 Å². The van der Waals surface area contributed by atoms with Gasteiger partial charge >= 0.3 is 0 Å². The fourth-order valence-corrected chi connectivity index (χ4v) is 4.47. The molecule has 0 amide bonds. The second-order valence-electron chi connectivity index (χ2n) is 6.17. The zero-order valence-electron chi connectivity index (χ0n) is 13.6. The molecule has 0 aliphatic heterocycles. The van der Waals surface area contributed by atoms with Gasteiger partial charge in [0.05, 0.1) is 5.69 Å². The highest BCUT2D eigenvalue weighted by Crippen LogP contribution is 2.35. The summed E-state index contributed by atoms with van der Waals surface area (Å²) in [6, 6.07) is 1.07. The van der Waals surface area contributed by atoms with Crippen molar-refractivity contribution in [2.45, 2.75) is 65.5 Å². The Labute approximate surface area is 127 Å². The largest absolute Gasteiger partial charge is 0.348 e. The Bertz CT molecular complexity index is 429. The van der Waals surface area contributed by atoms with Gasteiger partial charge in [0.2, 0.25) is 0 Å². The van der Waals surface area contributed by atoms with E-state index in [4.69, 9.17) is 4.98 Å². The molecule has 0 aromatic carbocycles. The molecule has 0 radical (unpaired) electrons. The first-order chi connectivity index (χ1) is 9.54. The van der Waals surface area contributed by atoms with Crippen LogP contribution in [0.3, 0.4) is 0 Å². The van der Waals surface area contributed by atoms with Gasteiger partial charge in [-0.1, -0.05) is 26.7 Å². The van der Waals surface area contributed by atoms with E-state index in [0.29, 0.717) is 12.1 Å². The lowest BCUT2D eigenvalue weighted by Gasteiger charge is -2.36. The number of thiazole rings is 1. The predicted molar refractivity (Wildman–Crippen MR) is 88.8 cm³/mol.